The molecule has 1 saturated carbocycles. The smallest absolute Gasteiger partial charge is 0.405 e. The van der Waals surface area contributed by atoms with Crippen LogP contribution in [0.25, 0.3) is 5.69 Å². The van der Waals surface area contributed by atoms with Gasteiger partial charge in [-0.2, -0.15) is 0 Å². The van der Waals surface area contributed by atoms with E-state index < -0.39 is 11.6 Å². The molecule has 4 rings (SSSR count). The second-order valence-corrected chi connectivity index (χ2v) is 6.84. The van der Waals surface area contributed by atoms with Crippen LogP contribution in [0.1, 0.15) is 29.8 Å². The number of amides is 1. The Kier molecular flexibility index (Phi) is 4.32. The lowest BCUT2D eigenvalue weighted by Crippen LogP contribution is -2.33. The van der Waals surface area contributed by atoms with Crippen molar-refractivity contribution in [2.75, 3.05) is 0 Å². The van der Waals surface area contributed by atoms with E-state index in [0.29, 0.717) is 6.61 Å². The lowest BCUT2D eigenvalue weighted by Gasteiger charge is -2.17. The number of ether oxygens (including phenoxy) is 1. The first-order chi connectivity index (χ1) is 13.1. The summed E-state index contributed by atoms with van der Waals surface area (Å²) >= 11 is 0. The molecule has 3 aromatic rings. The lowest BCUT2D eigenvalue weighted by molar-refractivity contribution is 0.188. The van der Waals surface area contributed by atoms with E-state index in [9.17, 15) is 4.79 Å². The van der Waals surface area contributed by atoms with Crippen molar-refractivity contribution < 1.29 is 14.6 Å². The molecule has 0 atom stereocenters. The Morgan fingerprint density at radius 2 is 2.04 bits per heavy atom. The number of rotatable bonds is 6. The monoisotopic (exact) mass is 363 g/mol. The van der Waals surface area contributed by atoms with Gasteiger partial charge in [0.1, 0.15) is 18.2 Å². The lowest BCUT2D eigenvalue weighted by atomic mass is 10.0. The number of hydrogen-bond donors (Lipinski definition) is 2. The Bertz CT molecular complexity index is 959. The molecule has 0 bridgehead atoms. The molecule has 0 spiro atoms. The zero-order chi connectivity index (χ0) is 18.9. The van der Waals surface area contributed by atoms with Gasteiger partial charge >= 0.3 is 6.09 Å². The van der Waals surface area contributed by atoms with E-state index in [1.807, 2.05) is 66.2 Å². The van der Waals surface area contributed by atoms with Crippen LogP contribution in [0.15, 0.2) is 60.9 Å². The fraction of sp³-hybridized carbons (Fsp3) is 0.238. The zero-order valence-electron chi connectivity index (χ0n) is 15.1. The minimum absolute atomic E-state index is 0.449. The van der Waals surface area contributed by atoms with Crippen molar-refractivity contribution in [2.24, 2.45) is 0 Å². The Morgan fingerprint density at radius 3 is 2.67 bits per heavy atom. The minimum atomic E-state index is -0.993. The van der Waals surface area contributed by atoms with Gasteiger partial charge in [0, 0.05) is 18.1 Å². The van der Waals surface area contributed by atoms with Gasteiger partial charge in [-0.05, 0) is 55.2 Å². The number of imidazole rings is 1. The van der Waals surface area contributed by atoms with E-state index in [1.165, 1.54) is 0 Å². The highest BCUT2D eigenvalue weighted by Gasteiger charge is 2.46. The average Bonchev–Trinajstić information content (AvgIpc) is 3.32. The van der Waals surface area contributed by atoms with E-state index >= 15 is 0 Å². The minimum Gasteiger partial charge on any atom is -0.489 e. The van der Waals surface area contributed by atoms with Crippen molar-refractivity contribution in [3.8, 4) is 11.4 Å². The molecule has 2 aromatic carbocycles. The van der Waals surface area contributed by atoms with Crippen LogP contribution < -0.4 is 10.1 Å². The van der Waals surface area contributed by atoms with Crippen LogP contribution in [0.4, 0.5) is 4.79 Å². The Labute approximate surface area is 157 Å². The van der Waals surface area contributed by atoms with Gasteiger partial charge in [0.25, 0.3) is 0 Å². The third kappa shape index (κ3) is 3.65. The molecule has 1 amide bonds. The number of nitrogens with zero attached hydrogens (tertiary/aromatic N) is 2. The summed E-state index contributed by atoms with van der Waals surface area (Å²) in [4.78, 5) is 15.2. The number of aryl methyl sites for hydroxylation is 1. The Hall–Kier alpha value is -3.28. The second-order valence-electron chi connectivity index (χ2n) is 6.84. The summed E-state index contributed by atoms with van der Waals surface area (Å²) in [6.07, 6.45) is 4.36. The number of nitrogens with one attached hydrogen (secondary N) is 1. The van der Waals surface area contributed by atoms with Gasteiger partial charge in [-0.1, -0.05) is 24.3 Å². The molecular formula is C21H21N3O3. The third-order valence-electron chi connectivity index (χ3n) is 4.93. The maximum Gasteiger partial charge on any atom is 0.405 e. The molecule has 1 aliphatic carbocycles. The fourth-order valence-corrected chi connectivity index (χ4v) is 3.27. The summed E-state index contributed by atoms with van der Waals surface area (Å²) in [5.74, 6) is 1.68. The van der Waals surface area contributed by atoms with E-state index in [1.54, 1.807) is 6.20 Å². The molecule has 6 heteroatoms. The van der Waals surface area contributed by atoms with Crippen molar-refractivity contribution in [3.63, 3.8) is 0 Å². The molecule has 6 nitrogen and oxygen atoms in total. The summed E-state index contributed by atoms with van der Waals surface area (Å²) in [5.41, 5.74) is 2.63. The van der Waals surface area contributed by atoms with Crippen LogP contribution in [0, 0.1) is 6.92 Å². The summed E-state index contributed by atoms with van der Waals surface area (Å²) < 4.78 is 7.95. The molecular weight excluding hydrogens is 342 g/mol. The molecule has 138 valence electrons. The van der Waals surface area contributed by atoms with E-state index in [4.69, 9.17) is 9.84 Å². The zero-order valence-corrected chi connectivity index (χ0v) is 15.1. The standard InChI is InChI=1S/C21H21N3O3/c1-15-22-11-12-24(15)18-7-5-16(6-8-18)14-27-19-4-2-3-17(13-19)21(9-10-21)23-20(25)26/h2-8,11-13,23H,9-10,14H2,1H3,(H,25,26). The maximum absolute atomic E-state index is 11.0. The molecule has 27 heavy (non-hydrogen) atoms. The van der Waals surface area contributed by atoms with Crippen LogP contribution in [0.2, 0.25) is 0 Å². The number of aromatic nitrogens is 2. The van der Waals surface area contributed by atoms with Crippen molar-refractivity contribution in [1.82, 2.24) is 14.9 Å². The molecule has 0 unspecified atom stereocenters. The van der Waals surface area contributed by atoms with Crippen molar-refractivity contribution in [3.05, 3.63) is 77.9 Å². The predicted molar refractivity (Wildman–Crippen MR) is 101 cm³/mol. The van der Waals surface area contributed by atoms with Crippen LogP contribution in [-0.4, -0.2) is 20.8 Å². The van der Waals surface area contributed by atoms with Gasteiger partial charge in [0.15, 0.2) is 0 Å². The van der Waals surface area contributed by atoms with E-state index in [0.717, 1.165) is 41.2 Å². The van der Waals surface area contributed by atoms with Gasteiger partial charge < -0.3 is 19.7 Å². The van der Waals surface area contributed by atoms with Crippen molar-refractivity contribution in [1.29, 1.82) is 0 Å². The number of carboxylic acid groups (broad SMARTS) is 1. The SMILES string of the molecule is Cc1nccn1-c1ccc(COc2cccc(C3(NC(=O)O)CC3)c2)cc1. The van der Waals surface area contributed by atoms with Gasteiger partial charge in [-0.25, -0.2) is 9.78 Å². The maximum atomic E-state index is 11.0. The fourth-order valence-electron chi connectivity index (χ4n) is 3.27. The first-order valence-corrected chi connectivity index (χ1v) is 8.89. The number of hydrogen-bond acceptors (Lipinski definition) is 3. The molecule has 1 aliphatic rings. The van der Waals surface area contributed by atoms with Crippen LogP contribution in [0.3, 0.4) is 0 Å². The highest BCUT2D eigenvalue weighted by Crippen LogP contribution is 2.46. The average molecular weight is 363 g/mol. The third-order valence-corrected chi connectivity index (χ3v) is 4.93. The largest absolute Gasteiger partial charge is 0.489 e. The molecule has 2 N–H and O–H groups in total. The topological polar surface area (TPSA) is 76.4 Å². The van der Waals surface area contributed by atoms with E-state index in [-0.39, 0.29) is 0 Å². The van der Waals surface area contributed by atoms with Gasteiger partial charge in [-0.15, -0.1) is 0 Å². The molecule has 0 aliphatic heterocycles. The van der Waals surface area contributed by atoms with Crippen LogP contribution in [-0.2, 0) is 12.1 Å². The highest BCUT2D eigenvalue weighted by atomic mass is 16.5. The van der Waals surface area contributed by atoms with E-state index in [2.05, 4.69) is 10.3 Å². The van der Waals surface area contributed by atoms with Gasteiger partial charge in [-0.3, -0.25) is 0 Å². The normalized spacial score (nSPS) is 14.6. The Morgan fingerprint density at radius 1 is 1.26 bits per heavy atom. The predicted octanol–water partition coefficient (Wildman–Crippen LogP) is 4.02. The molecule has 0 saturated heterocycles. The first kappa shape index (κ1) is 17.1. The molecule has 0 radical (unpaired) electrons. The quantitative estimate of drug-likeness (QED) is 0.694. The summed E-state index contributed by atoms with van der Waals surface area (Å²) in [6, 6.07) is 15.8. The summed E-state index contributed by atoms with van der Waals surface area (Å²) in [6.45, 7) is 2.42. The second kappa shape index (κ2) is 6.79. The number of carbonyl (C=O) groups is 1. The summed E-state index contributed by atoms with van der Waals surface area (Å²) in [5, 5.41) is 11.7. The van der Waals surface area contributed by atoms with Crippen LogP contribution >= 0.6 is 0 Å². The molecule has 1 fully saturated rings. The Balaban J connectivity index is 1.43. The van der Waals surface area contributed by atoms with Gasteiger partial charge in [0.05, 0.1) is 5.54 Å². The highest BCUT2D eigenvalue weighted by molar-refractivity contribution is 5.67. The summed E-state index contributed by atoms with van der Waals surface area (Å²) in [7, 11) is 0. The van der Waals surface area contributed by atoms with Crippen molar-refractivity contribution in [2.45, 2.75) is 31.9 Å². The van der Waals surface area contributed by atoms with Crippen molar-refractivity contribution >= 4 is 6.09 Å². The first-order valence-electron chi connectivity index (χ1n) is 8.89. The molecule has 1 aromatic heterocycles. The number of benzene rings is 2. The van der Waals surface area contributed by atoms with Gasteiger partial charge in [0.2, 0.25) is 0 Å². The molecule has 1 heterocycles. The van der Waals surface area contributed by atoms with Crippen LogP contribution in [0.5, 0.6) is 5.75 Å².